The number of aromatic nitrogens is 3. The number of rotatable bonds is 6. The Morgan fingerprint density at radius 2 is 2.04 bits per heavy atom. The second kappa shape index (κ2) is 13.5. The molecular weight excluding hydrogens is 575 g/mol. The van der Waals surface area contributed by atoms with Crippen molar-refractivity contribution in [2.24, 2.45) is 0 Å². The average Bonchev–Trinajstić information content (AvgIpc) is 3.46. The molecule has 1 fully saturated rings. The second-order valence-electron chi connectivity index (χ2n) is 11.4. The van der Waals surface area contributed by atoms with Crippen molar-refractivity contribution in [2.75, 3.05) is 32.7 Å². The third-order valence-corrected chi connectivity index (χ3v) is 8.42. The highest BCUT2D eigenvalue weighted by Crippen LogP contribution is 2.38. The van der Waals surface area contributed by atoms with Gasteiger partial charge >= 0.3 is 0 Å². The Morgan fingerprint density at radius 3 is 2.84 bits per heavy atom. The molecule has 4 aromatic rings. The van der Waals surface area contributed by atoms with Crippen LogP contribution in [0.5, 0.6) is 5.75 Å². The van der Waals surface area contributed by atoms with Crippen LogP contribution in [0.25, 0.3) is 22.9 Å². The summed E-state index contributed by atoms with van der Waals surface area (Å²) in [4.78, 5) is 35.3. The van der Waals surface area contributed by atoms with Gasteiger partial charge in [0, 0.05) is 37.5 Å². The van der Waals surface area contributed by atoms with E-state index in [1.807, 2.05) is 49.7 Å². The fraction of sp³-hybridized carbons (Fsp3) is 0.353. The van der Waals surface area contributed by atoms with Crippen molar-refractivity contribution in [3.8, 4) is 17.0 Å². The molecule has 2 bridgehead atoms. The van der Waals surface area contributed by atoms with Crippen molar-refractivity contribution in [3.05, 3.63) is 83.2 Å². The fourth-order valence-electron chi connectivity index (χ4n) is 6.20. The maximum Gasteiger partial charge on any atom is 0.255 e. The number of anilines is 1. The Bertz CT molecular complexity index is 1740. The van der Waals surface area contributed by atoms with E-state index in [1.165, 1.54) is 25.3 Å². The number of hydrogen-bond acceptors (Lipinski definition) is 7. The Labute approximate surface area is 261 Å². The predicted molar refractivity (Wildman–Crippen MR) is 170 cm³/mol. The number of ether oxygens (including phenoxy) is 2. The molecular formula is C34H37FN6O4. The van der Waals surface area contributed by atoms with E-state index in [1.54, 1.807) is 0 Å². The first-order valence-corrected chi connectivity index (χ1v) is 15.3. The summed E-state index contributed by atoms with van der Waals surface area (Å²) in [6, 6.07) is 11.8. The summed E-state index contributed by atoms with van der Waals surface area (Å²) in [6.45, 7) is 1.01. The number of carbonyl (C=O) groups excluding carboxylic acids is 2. The van der Waals surface area contributed by atoms with Gasteiger partial charge in [0.15, 0.2) is 5.82 Å². The van der Waals surface area contributed by atoms with Crippen LogP contribution in [0.1, 0.15) is 65.5 Å². The minimum atomic E-state index is -0.508. The Balaban J connectivity index is 1.34. The van der Waals surface area contributed by atoms with Gasteiger partial charge in [-0.05, 0) is 49.1 Å². The normalized spacial score (nSPS) is 19.3. The number of imidazole rings is 1. The highest BCUT2D eigenvalue weighted by molar-refractivity contribution is 5.97. The molecule has 0 radical (unpaired) electrons. The summed E-state index contributed by atoms with van der Waals surface area (Å²) in [5, 5.41) is 9.31. The van der Waals surface area contributed by atoms with Crippen molar-refractivity contribution >= 4 is 29.2 Å². The summed E-state index contributed by atoms with van der Waals surface area (Å²) >= 11 is 0. The zero-order valence-electron chi connectivity index (χ0n) is 25.4. The molecule has 3 N–H and O–H groups in total. The Morgan fingerprint density at radius 1 is 1.20 bits per heavy atom. The zero-order valence-corrected chi connectivity index (χ0v) is 25.4. The lowest BCUT2D eigenvalue weighted by Crippen LogP contribution is -2.38. The monoisotopic (exact) mass is 612 g/mol. The van der Waals surface area contributed by atoms with Crippen LogP contribution >= 0.6 is 0 Å². The van der Waals surface area contributed by atoms with E-state index in [4.69, 9.17) is 19.4 Å². The molecule has 1 unspecified atom stereocenters. The Hall–Kier alpha value is -4.77. The van der Waals surface area contributed by atoms with Gasteiger partial charge in [0.25, 0.3) is 5.91 Å². The number of halogens is 1. The van der Waals surface area contributed by atoms with Crippen LogP contribution in [0.3, 0.4) is 0 Å². The van der Waals surface area contributed by atoms with Gasteiger partial charge in [0.2, 0.25) is 5.91 Å². The summed E-state index contributed by atoms with van der Waals surface area (Å²) < 4.78 is 26.9. The smallest absolute Gasteiger partial charge is 0.255 e. The van der Waals surface area contributed by atoms with E-state index in [2.05, 4.69) is 20.4 Å². The van der Waals surface area contributed by atoms with Crippen molar-refractivity contribution < 1.29 is 23.5 Å². The molecule has 1 saturated carbocycles. The molecule has 6 rings (SSSR count). The van der Waals surface area contributed by atoms with E-state index in [9.17, 15) is 14.0 Å². The fourth-order valence-corrected chi connectivity index (χ4v) is 6.20. The SMILES string of the molecule is CNc1ncc2n3c(nc(-c4ccc(CNC(=O)c5cc(F)ccc5OC)cc4)c13)[C@@H]1CCCC(C1)NC(=O)CCOC/C=C/2. The first-order valence-electron chi connectivity index (χ1n) is 15.3. The maximum absolute atomic E-state index is 13.8. The number of fused-ring (bicyclic) bond motifs is 3. The first-order chi connectivity index (χ1) is 21.9. The molecule has 1 aliphatic carbocycles. The molecule has 2 atom stereocenters. The van der Waals surface area contributed by atoms with Crippen LogP contribution in [0.2, 0.25) is 0 Å². The molecule has 1 aliphatic heterocycles. The van der Waals surface area contributed by atoms with E-state index in [-0.39, 0.29) is 30.0 Å². The standard InChI is InChI=1S/C34H37FN6O4/c1-36-32-31-30(22-10-8-21(9-11-22)19-38-34(43)27-18-24(35)12-13-28(27)44-2)40-33-23-5-3-6-25(17-23)39-29(42)14-16-45-15-4-7-26(20-37-32)41(31)33/h4,7-13,18,20,23,25H,3,5-6,14-17,19H2,1-2H3,(H,36,37)(H,38,43)(H,39,42)/b7-4+/t23-,25?/m1/s1. The minimum Gasteiger partial charge on any atom is -0.496 e. The number of nitrogens with zero attached hydrogens (tertiary/aromatic N) is 3. The zero-order chi connectivity index (χ0) is 31.3. The van der Waals surface area contributed by atoms with Crippen molar-refractivity contribution in [3.63, 3.8) is 0 Å². The number of nitrogens with one attached hydrogen (secondary N) is 3. The molecule has 2 amide bonds. The van der Waals surface area contributed by atoms with Crippen LogP contribution in [-0.2, 0) is 16.1 Å². The number of benzene rings is 2. The van der Waals surface area contributed by atoms with Gasteiger partial charge in [-0.1, -0.05) is 36.8 Å². The average molecular weight is 613 g/mol. The van der Waals surface area contributed by atoms with Gasteiger partial charge in [0.1, 0.15) is 28.6 Å². The molecule has 3 heterocycles. The summed E-state index contributed by atoms with van der Waals surface area (Å²) in [7, 11) is 3.29. The third-order valence-electron chi connectivity index (χ3n) is 8.42. The number of amides is 2. The lowest BCUT2D eigenvalue weighted by atomic mass is 9.85. The lowest BCUT2D eigenvalue weighted by molar-refractivity contribution is -0.123. The quantitative estimate of drug-likeness (QED) is 0.278. The Kier molecular flexibility index (Phi) is 9.06. The highest BCUT2D eigenvalue weighted by Gasteiger charge is 2.30. The summed E-state index contributed by atoms with van der Waals surface area (Å²) in [5.74, 6) is 1.19. The van der Waals surface area contributed by atoms with Crippen molar-refractivity contribution in [1.29, 1.82) is 0 Å². The van der Waals surface area contributed by atoms with Gasteiger partial charge in [-0.3, -0.25) is 14.0 Å². The molecule has 234 valence electrons. The van der Waals surface area contributed by atoms with Crippen molar-refractivity contribution in [2.45, 2.75) is 50.6 Å². The summed E-state index contributed by atoms with van der Waals surface area (Å²) in [6.07, 6.45) is 9.84. The van der Waals surface area contributed by atoms with Crippen LogP contribution in [0.15, 0.2) is 54.7 Å². The molecule has 2 aromatic heterocycles. The molecule has 10 nitrogen and oxygen atoms in total. The molecule has 2 aromatic carbocycles. The number of methoxy groups -OCH3 is 1. The van der Waals surface area contributed by atoms with Gasteiger partial charge in [-0.25, -0.2) is 14.4 Å². The van der Waals surface area contributed by atoms with Gasteiger partial charge < -0.3 is 25.4 Å². The minimum absolute atomic E-state index is 0.0176. The van der Waals surface area contributed by atoms with E-state index < -0.39 is 11.7 Å². The van der Waals surface area contributed by atoms with Gasteiger partial charge in [-0.2, -0.15) is 0 Å². The van der Waals surface area contributed by atoms with Gasteiger partial charge in [0.05, 0.1) is 37.8 Å². The van der Waals surface area contributed by atoms with E-state index in [0.717, 1.165) is 59.5 Å². The second-order valence-corrected chi connectivity index (χ2v) is 11.4. The molecule has 0 saturated heterocycles. The predicted octanol–water partition coefficient (Wildman–Crippen LogP) is 5.09. The third kappa shape index (κ3) is 6.53. The number of carbonyl (C=O) groups is 2. The molecule has 11 heteroatoms. The molecule has 2 aliphatic rings. The lowest BCUT2D eigenvalue weighted by Gasteiger charge is -2.29. The van der Waals surface area contributed by atoms with Crippen LogP contribution in [0.4, 0.5) is 10.2 Å². The molecule has 45 heavy (non-hydrogen) atoms. The van der Waals surface area contributed by atoms with Gasteiger partial charge in [-0.15, -0.1) is 0 Å². The van der Waals surface area contributed by atoms with Crippen LogP contribution < -0.4 is 20.7 Å². The van der Waals surface area contributed by atoms with Crippen LogP contribution in [0, 0.1) is 5.82 Å². The maximum atomic E-state index is 13.8. The largest absolute Gasteiger partial charge is 0.496 e. The van der Waals surface area contributed by atoms with Crippen molar-refractivity contribution in [1.82, 2.24) is 25.0 Å². The summed E-state index contributed by atoms with van der Waals surface area (Å²) in [5.41, 5.74) is 4.48. The molecule has 0 spiro atoms. The topological polar surface area (TPSA) is 119 Å². The van der Waals surface area contributed by atoms with Crippen LogP contribution in [-0.4, -0.2) is 59.6 Å². The highest BCUT2D eigenvalue weighted by atomic mass is 19.1. The first kappa shape index (κ1) is 30.3. The van der Waals surface area contributed by atoms with E-state index >= 15 is 0 Å². The van der Waals surface area contributed by atoms with E-state index in [0.29, 0.717) is 31.2 Å². The number of hydrogen-bond donors (Lipinski definition) is 3.